The van der Waals surface area contributed by atoms with Crippen molar-refractivity contribution in [3.05, 3.63) is 12.2 Å². The second-order valence-corrected chi connectivity index (χ2v) is 3.75. The largest absolute Gasteiger partial charge is 0.465 e. The Balaban J connectivity index is 4.39. The van der Waals surface area contributed by atoms with Crippen molar-refractivity contribution in [2.45, 2.75) is 33.6 Å². The number of hydrogen-bond donors (Lipinski definition) is 0. The molecular weight excluding hydrogens is 206 g/mol. The van der Waals surface area contributed by atoms with Crippen LogP contribution in [-0.4, -0.2) is 18.4 Å². The van der Waals surface area contributed by atoms with Gasteiger partial charge in [-0.2, -0.15) is 5.26 Å². The van der Waals surface area contributed by atoms with Gasteiger partial charge >= 0.3 is 5.97 Å². The number of allylic oxidation sites excluding steroid dienone is 2. The second-order valence-electron chi connectivity index (χ2n) is 3.75. The highest BCUT2D eigenvalue weighted by Gasteiger charge is 2.33. The molecule has 0 aromatic rings. The zero-order chi connectivity index (χ0) is 12.6. The van der Waals surface area contributed by atoms with Gasteiger partial charge in [0.15, 0.2) is 5.41 Å². The molecular formula is C12H17NO3. The summed E-state index contributed by atoms with van der Waals surface area (Å²) in [5.41, 5.74) is -1.16. The van der Waals surface area contributed by atoms with Crippen LogP contribution in [0.25, 0.3) is 0 Å². The molecule has 0 heterocycles. The number of hydrogen-bond acceptors (Lipinski definition) is 4. The standard InChI is InChI=1S/C12H17NO3/c1-4-16-11(15)12(3,9-13)8-6-5-7-10(2)14/h5-6H,4,7-8H2,1-3H3/b6-5+. The van der Waals surface area contributed by atoms with E-state index in [1.807, 2.05) is 6.07 Å². The molecule has 0 saturated carbocycles. The van der Waals surface area contributed by atoms with Crippen molar-refractivity contribution in [1.29, 1.82) is 5.26 Å². The van der Waals surface area contributed by atoms with Gasteiger partial charge in [-0.1, -0.05) is 12.2 Å². The van der Waals surface area contributed by atoms with Crippen LogP contribution in [0.5, 0.6) is 0 Å². The molecule has 1 atom stereocenters. The maximum absolute atomic E-state index is 11.5. The molecule has 0 radical (unpaired) electrons. The SMILES string of the molecule is CCOC(=O)C(C)(C#N)C/C=C/CC(C)=O. The van der Waals surface area contributed by atoms with Crippen LogP contribution in [0.2, 0.25) is 0 Å². The molecule has 0 saturated heterocycles. The third kappa shape index (κ3) is 4.74. The fourth-order valence-electron chi connectivity index (χ4n) is 1.03. The van der Waals surface area contributed by atoms with E-state index in [1.54, 1.807) is 19.1 Å². The Morgan fingerprint density at radius 1 is 1.44 bits per heavy atom. The minimum atomic E-state index is -1.16. The van der Waals surface area contributed by atoms with Crippen LogP contribution < -0.4 is 0 Å². The first-order valence-electron chi connectivity index (χ1n) is 5.19. The van der Waals surface area contributed by atoms with Crippen LogP contribution in [-0.2, 0) is 14.3 Å². The summed E-state index contributed by atoms with van der Waals surface area (Å²) in [6.07, 6.45) is 3.92. The van der Waals surface area contributed by atoms with E-state index in [0.29, 0.717) is 6.42 Å². The van der Waals surface area contributed by atoms with E-state index < -0.39 is 11.4 Å². The summed E-state index contributed by atoms with van der Waals surface area (Å²) in [5.74, 6) is -0.476. The lowest BCUT2D eigenvalue weighted by Crippen LogP contribution is -2.27. The monoisotopic (exact) mass is 223 g/mol. The van der Waals surface area contributed by atoms with E-state index in [4.69, 9.17) is 10.00 Å². The lowest BCUT2D eigenvalue weighted by molar-refractivity contribution is -0.150. The smallest absolute Gasteiger partial charge is 0.326 e. The normalized spacial score (nSPS) is 14.1. The number of esters is 1. The zero-order valence-electron chi connectivity index (χ0n) is 9.95. The maximum Gasteiger partial charge on any atom is 0.326 e. The molecule has 0 bridgehead atoms. The minimum Gasteiger partial charge on any atom is -0.465 e. The van der Waals surface area contributed by atoms with Crippen LogP contribution in [0.4, 0.5) is 0 Å². The van der Waals surface area contributed by atoms with Gasteiger partial charge in [0, 0.05) is 6.42 Å². The summed E-state index contributed by atoms with van der Waals surface area (Å²) in [4.78, 5) is 22.1. The first-order valence-corrected chi connectivity index (χ1v) is 5.19. The number of Topliss-reactive ketones (excluding diaryl/α,β-unsaturated/α-hetero) is 1. The van der Waals surface area contributed by atoms with Crippen LogP contribution in [0.3, 0.4) is 0 Å². The Morgan fingerprint density at radius 2 is 2.06 bits per heavy atom. The van der Waals surface area contributed by atoms with Gasteiger partial charge in [-0.05, 0) is 27.2 Å². The predicted octanol–water partition coefficient (Wildman–Crippen LogP) is 2.00. The summed E-state index contributed by atoms with van der Waals surface area (Å²) in [5, 5.41) is 8.94. The minimum absolute atomic E-state index is 0.0473. The van der Waals surface area contributed by atoms with Crippen molar-refractivity contribution >= 4 is 11.8 Å². The first kappa shape index (κ1) is 14.4. The van der Waals surface area contributed by atoms with Crippen molar-refractivity contribution in [2.75, 3.05) is 6.61 Å². The number of carbonyl (C=O) groups is 2. The molecule has 0 rings (SSSR count). The molecule has 88 valence electrons. The Morgan fingerprint density at radius 3 is 2.50 bits per heavy atom. The number of ketones is 1. The van der Waals surface area contributed by atoms with E-state index in [2.05, 4.69) is 0 Å². The Bertz CT molecular complexity index is 328. The molecule has 0 amide bonds. The number of carbonyl (C=O) groups excluding carboxylic acids is 2. The number of nitriles is 1. The molecule has 4 heteroatoms. The predicted molar refractivity (Wildman–Crippen MR) is 59.4 cm³/mol. The highest BCUT2D eigenvalue weighted by Crippen LogP contribution is 2.22. The number of rotatable bonds is 6. The van der Waals surface area contributed by atoms with Crippen LogP contribution in [0, 0.1) is 16.7 Å². The maximum atomic E-state index is 11.5. The molecule has 1 unspecified atom stereocenters. The van der Waals surface area contributed by atoms with Crippen molar-refractivity contribution in [2.24, 2.45) is 5.41 Å². The average molecular weight is 223 g/mol. The third-order valence-corrected chi connectivity index (χ3v) is 2.07. The van der Waals surface area contributed by atoms with E-state index in [-0.39, 0.29) is 18.8 Å². The second kappa shape index (κ2) is 6.78. The van der Waals surface area contributed by atoms with Gasteiger partial charge < -0.3 is 4.74 Å². The molecule has 0 N–H and O–H groups in total. The molecule has 4 nitrogen and oxygen atoms in total. The fourth-order valence-corrected chi connectivity index (χ4v) is 1.03. The fraction of sp³-hybridized carbons (Fsp3) is 0.583. The van der Waals surface area contributed by atoms with E-state index >= 15 is 0 Å². The van der Waals surface area contributed by atoms with Crippen molar-refractivity contribution in [3.63, 3.8) is 0 Å². The number of nitrogens with zero attached hydrogens (tertiary/aromatic N) is 1. The van der Waals surface area contributed by atoms with Crippen molar-refractivity contribution in [3.8, 4) is 6.07 Å². The van der Waals surface area contributed by atoms with Crippen LogP contribution in [0.1, 0.15) is 33.6 Å². The van der Waals surface area contributed by atoms with Gasteiger partial charge in [-0.15, -0.1) is 0 Å². The van der Waals surface area contributed by atoms with Gasteiger partial charge in [-0.3, -0.25) is 9.59 Å². The Labute approximate surface area is 95.9 Å². The molecule has 0 aromatic heterocycles. The summed E-state index contributed by atoms with van der Waals surface area (Å²) in [7, 11) is 0. The number of ether oxygens (including phenoxy) is 1. The highest BCUT2D eigenvalue weighted by atomic mass is 16.5. The molecule has 0 spiro atoms. The topological polar surface area (TPSA) is 67.2 Å². The summed E-state index contributed by atoms with van der Waals surface area (Å²) in [6.45, 7) is 4.97. The molecule has 0 aliphatic heterocycles. The van der Waals surface area contributed by atoms with Crippen LogP contribution >= 0.6 is 0 Å². The first-order chi connectivity index (χ1) is 7.46. The summed E-state index contributed by atoms with van der Waals surface area (Å²) >= 11 is 0. The average Bonchev–Trinajstić information content (AvgIpc) is 2.24. The third-order valence-electron chi connectivity index (χ3n) is 2.07. The zero-order valence-corrected chi connectivity index (χ0v) is 9.95. The summed E-state index contributed by atoms with van der Waals surface area (Å²) in [6, 6.07) is 1.94. The van der Waals surface area contributed by atoms with E-state index in [1.165, 1.54) is 13.8 Å². The highest BCUT2D eigenvalue weighted by molar-refractivity contribution is 5.80. The van der Waals surface area contributed by atoms with Gasteiger partial charge in [0.2, 0.25) is 0 Å². The van der Waals surface area contributed by atoms with Crippen LogP contribution in [0.15, 0.2) is 12.2 Å². The van der Waals surface area contributed by atoms with Crippen molar-refractivity contribution < 1.29 is 14.3 Å². The van der Waals surface area contributed by atoms with Gasteiger partial charge in [0.25, 0.3) is 0 Å². The van der Waals surface area contributed by atoms with Crippen molar-refractivity contribution in [1.82, 2.24) is 0 Å². The Kier molecular flexibility index (Phi) is 6.09. The van der Waals surface area contributed by atoms with Gasteiger partial charge in [0.05, 0.1) is 12.7 Å². The van der Waals surface area contributed by atoms with Gasteiger partial charge in [0.1, 0.15) is 5.78 Å². The van der Waals surface area contributed by atoms with E-state index in [0.717, 1.165) is 0 Å². The molecule has 16 heavy (non-hydrogen) atoms. The molecule has 0 aliphatic rings. The lowest BCUT2D eigenvalue weighted by Gasteiger charge is -2.16. The quantitative estimate of drug-likeness (QED) is 0.510. The summed E-state index contributed by atoms with van der Waals surface area (Å²) < 4.78 is 4.81. The van der Waals surface area contributed by atoms with Gasteiger partial charge in [-0.25, -0.2) is 0 Å². The molecule has 0 aliphatic carbocycles. The Hall–Kier alpha value is -1.63. The lowest BCUT2D eigenvalue weighted by atomic mass is 9.88. The van der Waals surface area contributed by atoms with E-state index in [9.17, 15) is 9.59 Å². The molecule has 0 fully saturated rings. The molecule has 0 aromatic carbocycles.